The van der Waals surface area contributed by atoms with Gasteiger partial charge in [0.1, 0.15) is 12.1 Å². The van der Waals surface area contributed by atoms with Gasteiger partial charge in [0.05, 0.1) is 23.0 Å². The lowest BCUT2D eigenvalue weighted by Crippen LogP contribution is -2.63. The van der Waals surface area contributed by atoms with Crippen molar-refractivity contribution in [2.24, 2.45) is 7.05 Å². The number of urea groups is 1. The highest BCUT2D eigenvalue weighted by molar-refractivity contribution is 6.30. The summed E-state index contributed by atoms with van der Waals surface area (Å²) in [5.41, 5.74) is 6.12. The number of amides is 2. The largest absolute Gasteiger partial charge is 0.352 e. The van der Waals surface area contributed by atoms with Gasteiger partial charge in [0.2, 0.25) is 0 Å². The number of anilines is 1. The highest BCUT2D eigenvalue weighted by atomic mass is 35.5. The fraction of sp³-hybridized carbons (Fsp3) is 0.407. The number of rotatable bonds is 4. The Labute approximate surface area is 217 Å². The molecule has 0 radical (unpaired) electrons. The van der Waals surface area contributed by atoms with Gasteiger partial charge >= 0.3 is 6.03 Å². The molecule has 1 saturated heterocycles. The molecule has 3 aromatic rings. The van der Waals surface area contributed by atoms with Crippen molar-refractivity contribution >= 4 is 35.1 Å². The van der Waals surface area contributed by atoms with E-state index in [9.17, 15) is 4.79 Å². The molecule has 36 heavy (non-hydrogen) atoms. The molecule has 0 saturated carbocycles. The van der Waals surface area contributed by atoms with Crippen molar-refractivity contribution in [1.82, 2.24) is 30.0 Å². The van der Waals surface area contributed by atoms with Crippen LogP contribution in [-0.4, -0.2) is 55.9 Å². The van der Waals surface area contributed by atoms with Crippen LogP contribution >= 0.6 is 11.6 Å². The minimum Gasteiger partial charge on any atom is -0.352 e. The number of carbonyl (C=O) groups is 1. The lowest BCUT2D eigenvalue weighted by Gasteiger charge is -2.47. The second-order valence-electron chi connectivity index (χ2n) is 10.3. The van der Waals surface area contributed by atoms with Crippen LogP contribution in [0.3, 0.4) is 0 Å². The van der Waals surface area contributed by atoms with E-state index in [1.807, 2.05) is 54.7 Å². The predicted octanol–water partition coefficient (Wildman–Crippen LogP) is 4.64. The van der Waals surface area contributed by atoms with E-state index in [1.165, 1.54) is 5.57 Å². The van der Waals surface area contributed by atoms with Gasteiger partial charge in [0.25, 0.3) is 0 Å². The molecule has 1 fully saturated rings. The highest BCUT2D eigenvalue weighted by Crippen LogP contribution is 2.37. The van der Waals surface area contributed by atoms with Gasteiger partial charge in [-0.05, 0) is 57.0 Å². The maximum atomic E-state index is 13.3. The van der Waals surface area contributed by atoms with Crippen LogP contribution in [0.5, 0.6) is 0 Å². The van der Waals surface area contributed by atoms with Crippen molar-refractivity contribution in [2.45, 2.75) is 45.7 Å². The maximum absolute atomic E-state index is 13.3. The second-order valence-corrected chi connectivity index (χ2v) is 10.8. The number of hydrogen-bond donors (Lipinski definition) is 1. The summed E-state index contributed by atoms with van der Waals surface area (Å²) in [5.74, 6) is 0.930. The van der Waals surface area contributed by atoms with Crippen LogP contribution in [0.15, 0.2) is 36.8 Å². The van der Waals surface area contributed by atoms with Crippen molar-refractivity contribution in [2.75, 3.05) is 24.5 Å². The average molecular weight is 506 g/mol. The number of nitrogens with zero attached hydrogens (tertiary/aromatic N) is 6. The number of aromatic nitrogens is 4. The van der Waals surface area contributed by atoms with Crippen LogP contribution < -0.4 is 10.2 Å². The molecule has 3 heterocycles. The number of nitrogens with one attached hydrogen (secondary N) is 1. The molecule has 188 valence electrons. The summed E-state index contributed by atoms with van der Waals surface area (Å²) < 4.78 is 1.85. The highest BCUT2D eigenvalue weighted by Gasteiger charge is 2.38. The fourth-order valence-electron chi connectivity index (χ4n) is 5.27. The minimum atomic E-state index is -0.384. The molecule has 0 spiro atoms. The standard InChI is InChI=1S/C27H32ClN7O/c1-17(19-6-8-21(28)9-7-19)31-26(36)35-11-10-34(15-27(35,3)4)25-22-12-20(13-24(22)29-16-30-25)23-14-33(5)32-18(23)2/h6-9,12,14,16-17H,10-11,13,15H2,1-5H3,(H,31,36)/t17-/m0/s1. The molecular weight excluding hydrogens is 474 g/mol. The summed E-state index contributed by atoms with van der Waals surface area (Å²) in [4.78, 5) is 26.7. The first-order valence-corrected chi connectivity index (χ1v) is 12.6. The van der Waals surface area contributed by atoms with Gasteiger partial charge < -0.3 is 15.1 Å². The average Bonchev–Trinajstić information content (AvgIpc) is 3.40. The zero-order chi connectivity index (χ0) is 25.6. The van der Waals surface area contributed by atoms with Crippen molar-refractivity contribution in [1.29, 1.82) is 0 Å². The van der Waals surface area contributed by atoms with Gasteiger partial charge in [0, 0.05) is 55.4 Å². The number of fused-ring (bicyclic) bond motifs is 1. The first-order valence-electron chi connectivity index (χ1n) is 12.3. The lowest BCUT2D eigenvalue weighted by molar-refractivity contribution is 0.121. The zero-order valence-electron chi connectivity index (χ0n) is 21.4. The Balaban J connectivity index is 1.32. The van der Waals surface area contributed by atoms with Crippen LogP contribution in [0, 0.1) is 6.92 Å². The summed E-state index contributed by atoms with van der Waals surface area (Å²) in [6.07, 6.45) is 6.69. The number of allylic oxidation sites excluding steroid dienone is 1. The molecule has 1 aromatic carbocycles. The SMILES string of the molecule is Cc1nn(C)cc1C1=Cc2c(ncnc2N2CCN(C(=O)N[C@@H](C)c3ccc(Cl)cc3)C(C)(C)C2)C1. The van der Waals surface area contributed by atoms with E-state index in [0.717, 1.165) is 40.3 Å². The Morgan fingerprint density at radius 2 is 1.92 bits per heavy atom. The lowest BCUT2D eigenvalue weighted by atomic mass is 9.98. The fourth-order valence-corrected chi connectivity index (χ4v) is 5.39. The summed E-state index contributed by atoms with van der Waals surface area (Å²) >= 11 is 6.01. The quantitative estimate of drug-likeness (QED) is 0.558. The van der Waals surface area contributed by atoms with Crippen molar-refractivity contribution in [3.63, 3.8) is 0 Å². The molecule has 9 heteroatoms. The summed E-state index contributed by atoms with van der Waals surface area (Å²) in [6.45, 7) is 10.2. The number of aryl methyl sites for hydroxylation is 2. The number of carbonyl (C=O) groups excluding carboxylic acids is 1. The molecule has 2 amide bonds. The van der Waals surface area contributed by atoms with Gasteiger partial charge in [-0.2, -0.15) is 5.10 Å². The Hall–Kier alpha value is -3.39. The minimum absolute atomic E-state index is 0.0655. The Morgan fingerprint density at radius 3 is 2.58 bits per heavy atom. The van der Waals surface area contributed by atoms with E-state index in [1.54, 1.807) is 6.33 Å². The third-order valence-electron chi connectivity index (χ3n) is 7.14. The number of benzene rings is 1. The molecule has 8 nitrogen and oxygen atoms in total. The van der Waals surface area contributed by atoms with Crippen molar-refractivity contribution in [3.05, 3.63) is 69.9 Å². The molecule has 1 N–H and O–H groups in total. The van der Waals surface area contributed by atoms with Gasteiger partial charge in [-0.15, -0.1) is 0 Å². The van der Waals surface area contributed by atoms with E-state index in [2.05, 4.69) is 51.4 Å². The summed E-state index contributed by atoms with van der Waals surface area (Å²) in [7, 11) is 1.94. The Bertz CT molecular complexity index is 1330. The third-order valence-corrected chi connectivity index (χ3v) is 7.39. The van der Waals surface area contributed by atoms with Crippen LogP contribution in [0.1, 0.15) is 54.9 Å². The van der Waals surface area contributed by atoms with Gasteiger partial charge in [-0.25, -0.2) is 14.8 Å². The molecule has 0 bridgehead atoms. The van der Waals surface area contributed by atoms with Gasteiger partial charge in [-0.1, -0.05) is 23.7 Å². The van der Waals surface area contributed by atoms with E-state index >= 15 is 0 Å². The molecule has 0 unspecified atom stereocenters. The van der Waals surface area contributed by atoms with Gasteiger partial charge in [-0.3, -0.25) is 4.68 Å². The molecule has 1 atom stereocenters. The van der Waals surface area contributed by atoms with E-state index in [0.29, 0.717) is 24.7 Å². The number of hydrogen-bond acceptors (Lipinski definition) is 5. The van der Waals surface area contributed by atoms with Crippen molar-refractivity contribution in [3.8, 4) is 0 Å². The van der Waals surface area contributed by atoms with Crippen LogP contribution in [0.4, 0.5) is 10.6 Å². The predicted molar refractivity (Wildman–Crippen MR) is 143 cm³/mol. The van der Waals surface area contributed by atoms with E-state index in [-0.39, 0.29) is 17.6 Å². The molecule has 1 aliphatic heterocycles. The van der Waals surface area contributed by atoms with Crippen molar-refractivity contribution < 1.29 is 4.79 Å². The monoisotopic (exact) mass is 505 g/mol. The first-order chi connectivity index (χ1) is 17.1. The summed E-state index contributed by atoms with van der Waals surface area (Å²) in [6, 6.07) is 7.40. The molecule has 1 aliphatic carbocycles. The van der Waals surface area contributed by atoms with E-state index < -0.39 is 0 Å². The Morgan fingerprint density at radius 1 is 1.17 bits per heavy atom. The topological polar surface area (TPSA) is 79.2 Å². The maximum Gasteiger partial charge on any atom is 0.318 e. The van der Waals surface area contributed by atoms with Crippen LogP contribution in [-0.2, 0) is 13.5 Å². The molecule has 2 aliphatic rings. The summed E-state index contributed by atoms with van der Waals surface area (Å²) in [5, 5.41) is 8.33. The smallest absolute Gasteiger partial charge is 0.318 e. The van der Waals surface area contributed by atoms with Crippen LogP contribution in [0.25, 0.3) is 11.6 Å². The molecule has 2 aromatic heterocycles. The normalized spacial score (nSPS) is 17.6. The van der Waals surface area contributed by atoms with E-state index in [4.69, 9.17) is 11.6 Å². The molecule has 5 rings (SSSR count). The zero-order valence-corrected chi connectivity index (χ0v) is 22.2. The number of piperazine rings is 1. The number of halogens is 1. The third kappa shape index (κ3) is 4.57. The molecular formula is C27H32ClN7O. The second kappa shape index (κ2) is 9.24. The van der Waals surface area contributed by atoms with Gasteiger partial charge in [0.15, 0.2) is 0 Å². The first kappa shape index (κ1) is 24.3. The Kier molecular flexibility index (Phi) is 6.24. The van der Waals surface area contributed by atoms with Crippen LogP contribution in [0.2, 0.25) is 5.02 Å².